The summed E-state index contributed by atoms with van der Waals surface area (Å²) < 4.78 is 43.9. The van der Waals surface area contributed by atoms with E-state index in [0.29, 0.717) is 24.8 Å². The van der Waals surface area contributed by atoms with Crippen molar-refractivity contribution >= 4 is 10.0 Å². The van der Waals surface area contributed by atoms with Crippen molar-refractivity contribution in [2.45, 2.75) is 36.2 Å². The summed E-state index contributed by atoms with van der Waals surface area (Å²) in [4.78, 5) is 0.283. The van der Waals surface area contributed by atoms with Crippen LogP contribution in [0.3, 0.4) is 0 Å². The van der Waals surface area contributed by atoms with Crippen molar-refractivity contribution in [3.05, 3.63) is 24.3 Å². The fourth-order valence-electron chi connectivity index (χ4n) is 4.02. The molecular formula is C18H27NO5S. The molecule has 3 rings (SSSR count). The summed E-state index contributed by atoms with van der Waals surface area (Å²) in [7, 11) is -0.252. The van der Waals surface area contributed by atoms with Crippen molar-refractivity contribution in [3.8, 4) is 5.75 Å². The summed E-state index contributed by atoms with van der Waals surface area (Å²) in [5.74, 6) is 1.00. The van der Waals surface area contributed by atoms with Crippen LogP contribution in [0.2, 0.25) is 0 Å². The lowest BCUT2D eigenvalue weighted by molar-refractivity contribution is -0.0603. The van der Waals surface area contributed by atoms with Crippen molar-refractivity contribution in [2.24, 2.45) is 5.92 Å². The molecule has 0 bridgehead atoms. The predicted octanol–water partition coefficient (Wildman–Crippen LogP) is 2.29. The third-order valence-electron chi connectivity index (χ3n) is 5.52. The van der Waals surface area contributed by atoms with Gasteiger partial charge in [0.25, 0.3) is 0 Å². The molecular weight excluding hydrogens is 342 g/mol. The Bertz CT molecular complexity index is 682. The molecule has 1 spiro atoms. The van der Waals surface area contributed by atoms with Crippen molar-refractivity contribution in [2.75, 3.05) is 40.5 Å². The fraction of sp³-hybridized carbons (Fsp3) is 0.667. The van der Waals surface area contributed by atoms with Crippen LogP contribution < -0.4 is 4.74 Å². The second kappa shape index (κ2) is 7.61. The van der Waals surface area contributed by atoms with Crippen LogP contribution in [0, 0.1) is 5.92 Å². The van der Waals surface area contributed by atoms with Crippen LogP contribution in [0.5, 0.6) is 5.75 Å². The average Bonchev–Trinajstić information content (AvgIpc) is 3.02. The first-order chi connectivity index (χ1) is 12.0. The molecule has 0 saturated carbocycles. The monoisotopic (exact) mass is 369 g/mol. The third-order valence-corrected chi connectivity index (χ3v) is 7.41. The van der Waals surface area contributed by atoms with Crippen LogP contribution >= 0.6 is 0 Å². The number of sulfonamides is 1. The standard InChI is InChI=1S/C18H27NO5S/c1-22-12-6-15-7-13-24-18(15)8-10-19(11-9-18)25(20,21)17-5-3-4-16(14-17)23-2/h3-5,14-15H,6-13H2,1-2H3/t15-/m1/s1. The van der Waals surface area contributed by atoms with Gasteiger partial charge in [-0.3, -0.25) is 0 Å². The normalized spacial score (nSPS) is 23.8. The van der Waals surface area contributed by atoms with Gasteiger partial charge >= 0.3 is 0 Å². The highest BCUT2D eigenvalue weighted by atomic mass is 32.2. The van der Waals surface area contributed by atoms with E-state index in [9.17, 15) is 8.42 Å². The Morgan fingerprint density at radius 3 is 2.72 bits per heavy atom. The van der Waals surface area contributed by atoms with Gasteiger partial charge in [0.15, 0.2) is 0 Å². The maximum atomic E-state index is 12.9. The van der Waals surface area contributed by atoms with E-state index in [1.807, 2.05) is 0 Å². The van der Waals surface area contributed by atoms with Crippen LogP contribution in [0.25, 0.3) is 0 Å². The minimum Gasteiger partial charge on any atom is -0.497 e. The quantitative estimate of drug-likeness (QED) is 0.770. The molecule has 1 atom stereocenters. The topological polar surface area (TPSA) is 65.1 Å². The van der Waals surface area contributed by atoms with Crippen LogP contribution in [-0.2, 0) is 19.5 Å². The zero-order valence-electron chi connectivity index (χ0n) is 14.9. The van der Waals surface area contributed by atoms with Crippen LogP contribution in [-0.4, -0.2) is 58.8 Å². The van der Waals surface area contributed by atoms with Gasteiger partial charge in [-0.1, -0.05) is 6.07 Å². The van der Waals surface area contributed by atoms with Gasteiger partial charge in [-0.2, -0.15) is 4.31 Å². The molecule has 140 valence electrons. The number of benzene rings is 1. The zero-order valence-corrected chi connectivity index (χ0v) is 15.8. The summed E-state index contributed by atoms with van der Waals surface area (Å²) >= 11 is 0. The second-order valence-corrected chi connectivity index (χ2v) is 8.70. The van der Waals surface area contributed by atoms with Crippen molar-refractivity contribution < 1.29 is 22.6 Å². The molecule has 0 unspecified atom stereocenters. The molecule has 0 N–H and O–H groups in total. The maximum Gasteiger partial charge on any atom is 0.243 e. The summed E-state index contributed by atoms with van der Waals surface area (Å²) in [6, 6.07) is 6.65. The van der Waals surface area contributed by atoms with Crippen LogP contribution in [0.15, 0.2) is 29.2 Å². The molecule has 25 heavy (non-hydrogen) atoms. The number of hydrogen-bond donors (Lipinski definition) is 0. The van der Waals surface area contributed by atoms with Crippen molar-refractivity contribution in [3.63, 3.8) is 0 Å². The van der Waals surface area contributed by atoms with E-state index in [-0.39, 0.29) is 10.5 Å². The van der Waals surface area contributed by atoms with E-state index < -0.39 is 10.0 Å². The first-order valence-electron chi connectivity index (χ1n) is 8.79. The highest BCUT2D eigenvalue weighted by Gasteiger charge is 2.47. The van der Waals surface area contributed by atoms with Gasteiger partial charge in [0.1, 0.15) is 5.75 Å². The van der Waals surface area contributed by atoms with E-state index in [1.165, 1.54) is 7.11 Å². The molecule has 7 heteroatoms. The Hall–Kier alpha value is -1.15. The fourth-order valence-corrected chi connectivity index (χ4v) is 5.50. The molecule has 0 aromatic heterocycles. The van der Waals surface area contributed by atoms with Crippen LogP contribution in [0.4, 0.5) is 0 Å². The number of piperidine rings is 1. The van der Waals surface area contributed by atoms with Gasteiger partial charge in [-0.25, -0.2) is 8.42 Å². The van der Waals surface area contributed by atoms with Gasteiger partial charge in [0, 0.05) is 39.5 Å². The Labute approximate surface area is 150 Å². The summed E-state index contributed by atoms with van der Waals surface area (Å²) in [5, 5.41) is 0. The van der Waals surface area contributed by atoms with E-state index in [2.05, 4.69) is 0 Å². The number of methoxy groups -OCH3 is 2. The van der Waals surface area contributed by atoms with Gasteiger partial charge < -0.3 is 14.2 Å². The highest BCUT2D eigenvalue weighted by molar-refractivity contribution is 7.89. The highest BCUT2D eigenvalue weighted by Crippen LogP contribution is 2.43. The number of rotatable bonds is 6. The number of hydrogen-bond acceptors (Lipinski definition) is 5. The Kier molecular flexibility index (Phi) is 5.68. The van der Waals surface area contributed by atoms with Gasteiger partial charge in [-0.15, -0.1) is 0 Å². The first-order valence-corrected chi connectivity index (χ1v) is 10.2. The van der Waals surface area contributed by atoms with E-state index >= 15 is 0 Å². The number of ether oxygens (including phenoxy) is 3. The second-order valence-electron chi connectivity index (χ2n) is 6.76. The van der Waals surface area contributed by atoms with E-state index in [4.69, 9.17) is 14.2 Å². The maximum absolute atomic E-state index is 12.9. The average molecular weight is 369 g/mol. The van der Waals surface area contributed by atoms with Gasteiger partial charge in [0.2, 0.25) is 10.0 Å². The van der Waals surface area contributed by atoms with E-state index in [0.717, 1.165) is 38.9 Å². The lowest BCUT2D eigenvalue weighted by Gasteiger charge is -2.41. The molecule has 2 aliphatic rings. The zero-order chi connectivity index (χ0) is 17.9. The summed E-state index contributed by atoms with van der Waals surface area (Å²) in [5.41, 5.74) is -0.182. The lowest BCUT2D eigenvalue weighted by atomic mass is 9.78. The van der Waals surface area contributed by atoms with Crippen molar-refractivity contribution in [1.82, 2.24) is 4.31 Å². The lowest BCUT2D eigenvalue weighted by Crippen LogP contribution is -2.49. The Morgan fingerprint density at radius 1 is 1.28 bits per heavy atom. The molecule has 2 aliphatic heterocycles. The molecule has 0 radical (unpaired) electrons. The molecule has 2 fully saturated rings. The summed E-state index contributed by atoms with van der Waals surface area (Å²) in [6.45, 7) is 2.46. The van der Waals surface area contributed by atoms with Gasteiger partial charge in [0.05, 0.1) is 17.6 Å². The first kappa shape index (κ1) is 18.6. The predicted molar refractivity (Wildman–Crippen MR) is 94.3 cm³/mol. The SMILES string of the molecule is COCC[C@@H]1CCOC12CCN(S(=O)(=O)c1cccc(OC)c1)CC2. The molecule has 2 saturated heterocycles. The number of nitrogens with zero attached hydrogens (tertiary/aromatic N) is 1. The molecule has 2 heterocycles. The van der Waals surface area contributed by atoms with Crippen molar-refractivity contribution in [1.29, 1.82) is 0 Å². The molecule has 1 aromatic rings. The minimum absolute atomic E-state index is 0.182. The summed E-state index contributed by atoms with van der Waals surface area (Å²) in [6.07, 6.45) is 3.49. The van der Waals surface area contributed by atoms with Crippen LogP contribution in [0.1, 0.15) is 25.7 Å². The molecule has 0 aliphatic carbocycles. The minimum atomic E-state index is -3.50. The van der Waals surface area contributed by atoms with E-state index in [1.54, 1.807) is 35.7 Å². The largest absolute Gasteiger partial charge is 0.497 e. The Morgan fingerprint density at radius 2 is 2.04 bits per heavy atom. The Balaban J connectivity index is 1.70. The third kappa shape index (κ3) is 3.69. The molecule has 0 amide bonds. The molecule has 1 aromatic carbocycles. The van der Waals surface area contributed by atoms with Gasteiger partial charge in [-0.05, 0) is 43.7 Å². The smallest absolute Gasteiger partial charge is 0.243 e. The molecule has 6 nitrogen and oxygen atoms in total.